The van der Waals surface area contributed by atoms with Gasteiger partial charge in [-0.2, -0.15) is 10.4 Å². The number of aromatic nitrogens is 3. The summed E-state index contributed by atoms with van der Waals surface area (Å²) in [6.45, 7) is 1.73. The molecule has 0 saturated heterocycles. The number of nitrogens with zero attached hydrogens (tertiary/aromatic N) is 4. The standard InChI is InChI=1S/C15H10N4O2/c1-9-13-11(7-16)12(15(20)21)8-17-14(13)19(18-9)10-5-3-2-4-6-10/h2-6,8H,1H3,(H,20,21). The minimum atomic E-state index is -1.17. The Labute approximate surface area is 119 Å². The average molecular weight is 278 g/mol. The Kier molecular flexibility index (Phi) is 2.88. The van der Waals surface area contributed by atoms with Crippen molar-refractivity contribution in [2.24, 2.45) is 0 Å². The van der Waals surface area contributed by atoms with Crippen molar-refractivity contribution < 1.29 is 9.90 Å². The number of para-hydroxylation sites is 1. The molecule has 0 amide bonds. The molecule has 0 atom stereocenters. The maximum absolute atomic E-state index is 11.2. The van der Waals surface area contributed by atoms with Crippen LogP contribution in [0.3, 0.4) is 0 Å². The van der Waals surface area contributed by atoms with Gasteiger partial charge in [-0.1, -0.05) is 18.2 Å². The molecular weight excluding hydrogens is 268 g/mol. The molecule has 0 bridgehead atoms. The van der Waals surface area contributed by atoms with Crippen molar-refractivity contribution in [3.63, 3.8) is 0 Å². The van der Waals surface area contributed by atoms with Crippen molar-refractivity contribution >= 4 is 17.0 Å². The molecule has 6 heteroatoms. The molecule has 0 aliphatic rings. The molecule has 3 rings (SSSR count). The maximum atomic E-state index is 11.2. The van der Waals surface area contributed by atoms with E-state index in [-0.39, 0.29) is 11.1 Å². The summed E-state index contributed by atoms with van der Waals surface area (Å²) in [5.74, 6) is -1.17. The van der Waals surface area contributed by atoms with E-state index in [2.05, 4.69) is 10.1 Å². The van der Waals surface area contributed by atoms with Crippen molar-refractivity contribution in [1.29, 1.82) is 5.26 Å². The Morgan fingerprint density at radius 2 is 2.05 bits per heavy atom. The molecule has 0 unspecified atom stereocenters. The highest BCUT2D eigenvalue weighted by atomic mass is 16.4. The van der Waals surface area contributed by atoms with Crippen molar-refractivity contribution in [1.82, 2.24) is 14.8 Å². The molecule has 2 heterocycles. The summed E-state index contributed by atoms with van der Waals surface area (Å²) >= 11 is 0. The molecule has 102 valence electrons. The minimum absolute atomic E-state index is 0.0900. The molecule has 2 aromatic heterocycles. The van der Waals surface area contributed by atoms with Crippen LogP contribution < -0.4 is 0 Å². The Morgan fingerprint density at radius 3 is 2.67 bits per heavy atom. The van der Waals surface area contributed by atoms with Gasteiger partial charge >= 0.3 is 5.97 Å². The number of fused-ring (bicyclic) bond motifs is 1. The number of rotatable bonds is 2. The van der Waals surface area contributed by atoms with Gasteiger partial charge in [-0.05, 0) is 19.1 Å². The highest BCUT2D eigenvalue weighted by molar-refractivity contribution is 5.98. The molecule has 1 N–H and O–H groups in total. The van der Waals surface area contributed by atoms with E-state index in [4.69, 9.17) is 5.11 Å². The monoisotopic (exact) mass is 278 g/mol. The molecule has 1 aromatic carbocycles. The second kappa shape index (κ2) is 4.72. The van der Waals surface area contributed by atoms with Crippen LogP contribution in [0.15, 0.2) is 36.5 Å². The molecule has 0 aliphatic carbocycles. The van der Waals surface area contributed by atoms with Crippen LogP contribution in [0.2, 0.25) is 0 Å². The lowest BCUT2D eigenvalue weighted by atomic mass is 10.1. The number of carbonyl (C=O) groups is 1. The Bertz CT molecular complexity index is 891. The molecule has 0 radical (unpaired) electrons. The van der Waals surface area contributed by atoms with Crippen molar-refractivity contribution in [3.05, 3.63) is 53.3 Å². The average Bonchev–Trinajstić information content (AvgIpc) is 2.84. The first-order valence-corrected chi connectivity index (χ1v) is 6.20. The smallest absolute Gasteiger partial charge is 0.338 e. The fourth-order valence-electron chi connectivity index (χ4n) is 2.28. The van der Waals surface area contributed by atoms with Gasteiger partial charge in [-0.15, -0.1) is 0 Å². The second-order valence-electron chi connectivity index (χ2n) is 4.50. The third kappa shape index (κ3) is 1.92. The van der Waals surface area contributed by atoms with Gasteiger partial charge in [0.15, 0.2) is 5.65 Å². The van der Waals surface area contributed by atoms with Gasteiger partial charge in [0, 0.05) is 6.20 Å². The van der Waals surface area contributed by atoms with Crippen molar-refractivity contribution in [2.75, 3.05) is 0 Å². The largest absolute Gasteiger partial charge is 0.478 e. The van der Waals surface area contributed by atoms with E-state index in [1.165, 1.54) is 6.20 Å². The predicted octanol–water partition coefficient (Wildman–Crippen LogP) is 2.30. The predicted molar refractivity (Wildman–Crippen MR) is 75.3 cm³/mol. The van der Waals surface area contributed by atoms with E-state index in [0.29, 0.717) is 16.7 Å². The van der Waals surface area contributed by atoms with Crippen LogP contribution in [0.4, 0.5) is 0 Å². The van der Waals surface area contributed by atoms with Crippen LogP contribution in [0.5, 0.6) is 0 Å². The number of pyridine rings is 1. The van der Waals surface area contributed by atoms with E-state index in [1.807, 2.05) is 36.4 Å². The van der Waals surface area contributed by atoms with Crippen LogP contribution in [0, 0.1) is 18.3 Å². The first-order valence-electron chi connectivity index (χ1n) is 6.20. The summed E-state index contributed by atoms with van der Waals surface area (Å²) < 4.78 is 1.61. The minimum Gasteiger partial charge on any atom is -0.478 e. The van der Waals surface area contributed by atoms with Gasteiger partial charge < -0.3 is 5.11 Å². The normalized spacial score (nSPS) is 10.5. The molecule has 21 heavy (non-hydrogen) atoms. The highest BCUT2D eigenvalue weighted by Crippen LogP contribution is 2.25. The van der Waals surface area contributed by atoms with Gasteiger partial charge in [0.1, 0.15) is 6.07 Å². The van der Waals surface area contributed by atoms with Crippen molar-refractivity contribution in [3.8, 4) is 11.8 Å². The van der Waals surface area contributed by atoms with E-state index in [9.17, 15) is 10.1 Å². The third-order valence-electron chi connectivity index (χ3n) is 3.21. The van der Waals surface area contributed by atoms with Crippen LogP contribution in [-0.4, -0.2) is 25.8 Å². The van der Waals surface area contributed by atoms with Crippen molar-refractivity contribution in [2.45, 2.75) is 6.92 Å². The van der Waals surface area contributed by atoms with E-state index in [0.717, 1.165) is 5.69 Å². The zero-order valence-electron chi connectivity index (χ0n) is 11.1. The maximum Gasteiger partial charge on any atom is 0.338 e. The Morgan fingerprint density at radius 1 is 1.33 bits per heavy atom. The highest BCUT2D eigenvalue weighted by Gasteiger charge is 2.20. The summed E-state index contributed by atoms with van der Waals surface area (Å²) in [4.78, 5) is 15.4. The van der Waals surface area contributed by atoms with Gasteiger partial charge in [-0.25, -0.2) is 14.5 Å². The molecule has 0 spiro atoms. The van der Waals surface area contributed by atoms with Gasteiger partial charge in [0.2, 0.25) is 0 Å². The number of carboxylic acids is 1. The lowest BCUT2D eigenvalue weighted by Gasteiger charge is -2.03. The molecule has 0 saturated carbocycles. The van der Waals surface area contributed by atoms with E-state index in [1.54, 1.807) is 11.6 Å². The van der Waals surface area contributed by atoms with E-state index < -0.39 is 5.97 Å². The Balaban J connectivity index is 2.39. The quantitative estimate of drug-likeness (QED) is 0.776. The number of aromatic carboxylic acids is 1. The number of hydrogen-bond acceptors (Lipinski definition) is 4. The lowest BCUT2D eigenvalue weighted by Crippen LogP contribution is -2.03. The lowest BCUT2D eigenvalue weighted by molar-refractivity contribution is 0.0696. The number of aryl methyl sites for hydroxylation is 1. The van der Waals surface area contributed by atoms with Gasteiger partial charge in [-0.3, -0.25) is 0 Å². The SMILES string of the molecule is Cc1nn(-c2ccccc2)c2ncc(C(=O)O)c(C#N)c12. The number of hydrogen-bond donors (Lipinski definition) is 1. The molecule has 6 nitrogen and oxygen atoms in total. The first kappa shape index (κ1) is 12.8. The number of carboxylic acid groups (broad SMARTS) is 1. The fourth-order valence-corrected chi connectivity index (χ4v) is 2.28. The zero-order valence-corrected chi connectivity index (χ0v) is 11.1. The Hall–Kier alpha value is -3.20. The summed E-state index contributed by atoms with van der Waals surface area (Å²) in [6.07, 6.45) is 1.20. The fraction of sp³-hybridized carbons (Fsp3) is 0.0667. The third-order valence-corrected chi connectivity index (χ3v) is 3.21. The van der Waals surface area contributed by atoms with E-state index >= 15 is 0 Å². The molecule has 0 fully saturated rings. The van der Waals surface area contributed by atoms with Crippen LogP contribution in [-0.2, 0) is 0 Å². The van der Waals surface area contributed by atoms with Crippen LogP contribution in [0.1, 0.15) is 21.6 Å². The summed E-state index contributed by atoms with van der Waals surface area (Å²) in [5.41, 5.74) is 1.82. The van der Waals surface area contributed by atoms with Crippen LogP contribution >= 0.6 is 0 Å². The first-order chi connectivity index (χ1) is 10.1. The van der Waals surface area contributed by atoms with Crippen LogP contribution in [0.25, 0.3) is 16.7 Å². The van der Waals surface area contributed by atoms with Gasteiger partial charge in [0.25, 0.3) is 0 Å². The molecule has 0 aliphatic heterocycles. The number of benzene rings is 1. The summed E-state index contributed by atoms with van der Waals surface area (Å²) in [5, 5.41) is 23.3. The molecular formula is C15H10N4O2. The summed E-state index contributed by atoms with van der Waals surface area (Å²) in [7, 11) is 0. The molecule has 3 aromatic rings. The van der Waals surface area contributed by atoms with Gasteiger partial charge in [0.05, 0.1) is 27.9 Å². The number of nitriles is 1. The second-order valence-corrected chi connectivity index (χ2v) is 4.50. The summed E-state index contributed by atoms with van der Waals surface area (Å²) in [6, 6.07) is 11.3. The topological polar surface area (TPSA) is 91.8 Å². The zero-order chi connectivity index (χ0) is 15.0.